The molecular weight excluding hydrogens is 228 g/mol. The number of aliphatic hydroxyl groups excluding tert-OH is 1. The predicted molar refractivity (Wildman–Crippen MR) is 71.5 cm³/mol. The van der Waals surface area contributed by atoms with E-state index in [2.05, 4.69) is 10.6 Å². The Morgan fingerprint density at radius 1 is 1.50 bits per heavy atom. The van der Waals surface area contributed by atoms with Gasteiger partial charge in [0, 0.05) is 12.3 Å². The third-order valence-corrected chi connectivity index (χ3v) is 3.19. The van der Waals surface area contributed by atoms with Crippen LogP contribution >= 0.6 is 0 Å². The number of carbonyl (C=O) groups excluding carboxylic acids is 1. The lowest BCUT2D eigenvalue weighted by molar-refractivity contribution is -0.117. The maximum atomic E-state index is 11.9. The van der Waals surface area contributed by atoms with Gasteiger partial charge in [-0.25, -0.2) is 0 Å². The van der Waals surface area contributed by atoms with Crippen molar-refractivity contribution in [1.82, 2.24) is 5.32 Å². The number of amides is 1. The molecule has 0 saturated carbocycles. The van der Waals surface area contributed by atoms with Gasteiger partial charge in [0.15, 0.2) is 0 Å². The largest absolute Gasteiger partial charge is 0.396 e. The second kappa shape index (κ2) is 6.52. The average molecular weight is 248 g/mol. The first-order valence-electron chi connectivity index (χ1n) is 6.53. The molecule has 0 bridgehead atoms. The Bertz CT molecular complexity index is 401. The molecule has 0 aromatic heterocycles. The number of hydrogen-bond acceptors (Lipinski definition) is 3. The van der Waals surface area contributed by atoms with Gasteiger partial charge in [0.05, 0.1) is 6.04 Å². The number of benzene rings is 1. The van der Waals surface area contributed by atoms with Crippen LogP contribution in [0.5, 0.6) is 0 Å². The zero-order valence-corrected chi connectivity index (χ0v) is 10.5. The molecule has 1 fully saturated rings. The van der Waals surface area contributed by atoms with E-state index < -0.39 is 0 Å². The molecule has 1 aliphatic rings. The molecule has 3 N–H and O–H groups in total. The molecule has 2 rings (SSSR count). The zero-order valence-electron chi connectivity index (χ0n) is 10.5. The molecule has 0 spiro atoms. The molecule has 1 aliphatic heterocycles. The molecule has 0 unspecified atom stereocenters. The highest BCUT2D eigenvalue weighted by Gasteiger charge is 2.21. The number of rotatable bonds is 5. The Morgan fingerprint density at radius 3 is 3.11 bits per heavy atom. The van der Waals surface area contributed by atoms with Crippen LogP contribution < -0.4 is 10.6 Å². The molecule has 1 aromatic carbocycles. The molecule has 4 heteroatoms. The molecule has 0 aliphatic carbocycles. The van der Waals surface area contributed by atoms with Gasteiger partial charge in [0.2, 0.25) is 5.91 Å². The van der Waals surface area contributed by atoms with Crippen molar-refractivity contribution < 1.29 is 9.90 Å². The van der Waals surface area contributed by atoms with Crippen LogP contribution in [0, 0.1) is 0 Å². The summed E-state index contributed by atoms with van der Waals surface area (Å²) in [6.07, 6.45) is 3.56. The fourth-order valence-corrected chi connectivity index (χ4v) is 2.23. The topological polar surface area (TPSA) is 61.4 Å². The highest BCUT2D eigenvalue weighted by Crippen LogP contribution is 2.14. The third-order valence-electron chi connectivity index (χ3n) is 3.19. The molecule has 1 atom stereocenters. The summed E-state index contributed by atoms with van der Waals surface area (Å²) in [6, 6.07) is 7.77. The molecular formula is C14H20N2O2. The summed E-state index contributed by atoms with van der Waals surface area (Å²) in [5, 5.41) is 14.9. The van der Waals surface area contributed by atoms with Crippen molar-refractivity contribution in [2.45, 2.75) is 31.7 Å². The monoisotopic (exact) mass is 248 g/mol. The summed E-state index contributed by atoms with van der Waals surface area (Å²) < 4.78 is 0. The van der Waals surface area contributed by atoms with Gasteiger partial charge >= 0.3 is 0 Å². The van der Waals surface area contributed by atoms with E-state index in [9.17, 15) is 4.79 Å². The smallest absolute Gasteiger partial charge is 0.241 e. The number of aryl methyl sites for hydroxylation is 1. The lowest BCUT2D eigenvalue weighted by Gasteiger charge is -2.11. The molecule has 4 nitrogen and oxygen atoms in total. The SMILES string of the molecule is O=C(Nc1cccc(CCCO)c1)[C@H]1CCCN1. The van der Waals surface area contributed by atoms with Crippen LogP contribution in [0.1, 0.15) is 24.8 Å². The minimum atomic E-state index is -0.0499. The van der Waals surface area contributed by atoms with Gasteiger partial charge in [-0.3, -0.25) is 4.79 Å². The Hall–Kier alpha value is -1.39. The van der Waals surface area contributed by atoms with Gasteiger partial charge in [0.25, 0.3) is 0 Å². The molecule has 1 amide bonds. The van der Waals surface area contributed by atoms with E-state index in [1.54, 1.807) is 0 Å². The first-order chi connectivity index (χ1) is 8.79. The normalized spacial score (nSPS) is 18.8. The van der Waals surface area contributed by atoms with Gasteiger partial charge in [0.1, 0.15) is 0 Å². The second-order valence-corrected chi connectivity index (χ2v) is 4.67. The van der Waals surface area contributed by atoms with Crippen LogP contribution in [0.2, 0.25) is 0 Å². The van der Waals surface area contributed by atoms with Crippen molar-refractivity contribution in [3.8, 4) is 0 Å². The summed E-state index contributed by atoms with van der Waals surface area (Å²) in [7, 11) is 0. The zero-order chi connectivity index (χ0) is 12.8. The van der Waals surface area contributed by atoms with Gasteiger partial charge in [-0.2, -0.15) is 0 Å². The summed E-state index contributed by atoms with van der Waals surface area (Å²) >= 11 is 0. The molecule has 98 valence electrons. The van der Waals surface area contributed by atoms with E-state index in [0.29, 0.717) is 0 Å². The van der Waals surface area contributed by atoms with Crippen molar-refractivity contribution in [3.63, 3.8) is 0 Å². The van der Waals surface area contributed by atoms with Gasteiger partial charge in [-0.1, -0.05) is 12.1 Å². The number of hydrogen-bond donors (Lipinski definition) is 3. The summed E-state index contributed by atoms with van der Waals surface area (Å²) in [6.45, 7) is 1.12. The highest BCUT2D eigenvalue weighted by molar-refractivity contribution is 5.95. The van der Waals surface area contributed by atoms with E-state index in [-0.39, 0.29) is 18.6 Å². The first-order valence-corrected chi connectivity index (χ1v) is 6.53. The Kier molecular flexibility index (Phi) is 4.73. The lowest BCUT2D eigenvalue weighted by atomic mass is 10.1. The van der Waals surface area contributed by atoms with Crippen LogP contribution in [0.25, 0.3) is 0 Å². The van der Waals surface area contributed by atoms with E-state index in [1.807, 2.05) is 24.3 Å². The predicted octanol–water partition coefficient (Wildman–Crippen LogP) is 1.30. The van der Waals surface area contributed by atoms with E-state index in [4.69, 9.17) is 5.11 Å². The Morgan fingerprint density at radius 2 is 2.39 bits per heavy atom. The quantitative estimate of drug-likeness (QED) is 0.736. The highest BCUT2D eigenvalue weighted by atomic mass is 16.2. The van der Waals surface area contributed by atoms with E-state index in [1.165, 1.54) is 0 Å². The summed E-state index contributed by atoms with van der Waals surface area (Å²) in [5.74, 6) is 0.0480. The second-order valence-electron chi connectivity index (χ2n) is 4.67. The first kappa shape index (κ1) is 13.1. The summed E-state index contributed by atoms with van der Waals surface area (Å²) in [5.41, 5.74) is 1.98. The average Bonchev–Trinajstić information content (AvgIpc) is 2.91. The lowest BCUT2D eigenvalue weighted by Crippen LogP contribution is -2.35. The molecule has 1 aromatic rings. The minimum absolute atomic E-state index is 0.0480. The number of aliphatic hydroxyl groups is 1. The Balaban J connectivity index is 1.93. The van der Waals surface area contributed by atoms with Crippen LogP contribution in [0.15, 0.2) is 24.3 Å². The fraction of sp³-hybridized carbons (Fsp3) is 0.500. The maximum Gasteiger partial charge on any atom is 0.241 e. The van der Waals surface area contributed by atoms with Crippen LogP contribution in [0.4, 0.5) is 5.69 Å². The van der Waals surface area contributed by atoms with Crippen LogP contribution in [-0.2, 0) is 11.2 Å². The van der Waals surface area contributed by atoms with Gasteiger partial charge in [-0.05, 0) is 49.9 Å². The van der Waals surface area contributed by atoms with Crippen molar-refractivity contribution >= 4 is 11.6 Å². The standard InChI is InChI=1S/C14H20N2O2/c17-9-3-5-11-4-1-6-12(10-11)16-14(18)13-7-2-8-15-13/h1,4,6,10,13,15,17H,2-3,5,7-9H2,(H,16,18)/t13-/m1/s1. The van der Waals surface area contributed by atoms with Gasteiger partial charge < -0.3 is 15.7 Å². The van der Waals surface area contributed by atoms with Crippen molar-refractivity contribution in [2.24, 2.45) is 0 Å². The number of anilines is 1. The molecule has 1 saturated heterocycles. The molecule has 18 heavy (non-hydrogen) atoms. The van der Waals surface area contributed by atoms with E-state index >= 15 is 0 Å². The van der Waals surface area contributed by atoms with Crippen LogP contribution in [-0.4, -0.2) is 30.2 Å². The third kappa shape index (κ3) is 3.55. The molecule has 1 heterocycles. The maximum absolute atomic E-state index is 11.9. The van der Waals surface area contributed by atoms with Crippen molar-refractivity contribution in [2.75, 3.05) is 18.5 Å². The van der Waals surface area contributed by atoms with E-state index in [0.717, 1.165) is 43.5 Å². The fourth-order valence-electron chi connectivity index (χ4n) is 2.23. The number of carbonyl (C=O) groups is 1. The number of nitrogens with one attached hydrogen (secondary N) is 2. The van der Waals surface area contributed by atoms with Crippen molar-refractivity contribution in [1.29, 1.82) is 0 Å². The Labute approximate surface area is 107 Å². The molecule has 0 radical (unpaired) electrons. The van der Waals surface area contributed by atoms with Crippen LogP contribution in [0.3, 0.4) is 0 Å². The van der Waals surface area contributed by atoms with Crippen molar-refractivity contribution in [3.05, 3.63) is 29.8 Å². The summed E-state index contributed by atoms with van der Waals surface area (Å²) in [4.78, 5) is 11.9. The van der Waals surface area contributed by atoms with Gasteiger partial charge in [-0.15, -0.1) is 0 Å². The minimum Gasteiger partial charge on any atom is -0.396 e.